The highest BCUT2D eigenvalue weighted by Crippen LogP contribution is 2.39. The second kappa shape index (κ2) is 8.92. The summed E-state index contributed by atoms with van der Waals surface area (Å²) in [6, 6.07) is 18.0. The van der Waals surface area contributed by atoms with Crippen LogP contribution in [0.3, 0.4) is 0 Å². The normalized spacial score (nSPS) is 14.8. The number of carbonyl (C=O) groups excluding carboxylic acids is 2. The molecule has 1 amide bonds. The molecule has 0 bridgehead atoms. The van der Waals surface area contributed by atoms with Gasteiger partial charge in [-0.25, -0.2) is 4.79 Å². The van der Waals surface area contributed by atoms with E-state index in [0.717, 1.165) is 5.56 Å². The van der Waals surface area contributed by atoms with Gasteiger partial charge in [0.15, 0.2) is 5.43 Å². The molecule has 1 aromatic heterocycles. The van der Waals surface area contributed by atoms with E-state index in [0.29, 0.717) is 27.3 Å². The zero-order valence-electron chi connectivity index (χ0n) is 18.9. The standard InChI is InChI=1S/C27H20ClNO6/c1-33-19-10-3-15(4-11-19)14-29-23(16-5-7-17(8-6-16)27(32)34-2)22-24(30)20-13-18(28)9-12-21(20)35-25(22)26(29)31/h3-13,23H,14H2,1-2H3. The molecule has 0 fully saturated rings. The van der Waals surface area contributed by atoms with Crippen LogP contribution in [0.1, 0.15) is 43.6 Å². The zero-order valence-corrected chi connectivity index (χ0v) is 19.7. The van der Waals surface area contributed by atoms with Gasteiger partial charge < -0.3 is 18.8 Å². The Kier molecular flexibility index (Phi) is 5.78. The van der Waals surface area contributed by atoms with Gasteiger partial charge in [0, 0.05) is 11.6 Å². The van der Waals surface area contributed by atoms with Gasteiger partial charge in [0.25, 0.3) is 5.91 Å². The number of esters is 1. The smallest absolute Gasteiger partial charge is 0.337 e. The fourth-order valence-corrected chi connectivity index (χ4v) is 4.52. The molecule has 0 aliphatic carbocycles. The van der Waals surface area contributed by atoms with E-state index in [1.54, 1.807) is 48.4 Å². The van der Waals surface area contributed by atoms with Crippen molar-refractivity contribution >= 4 is 34.4 Å². The van der Waals surface area contributed by atoms with Crippen LogP contribution in [-0.2, 0) is 11.3 Å². The van der Waals surface area contributed by atoms with E-state index in [1.165, 1.54) is 13.2 Å². The van der Waals surface area contributed by atoms with Crippen LogP contribution in [0.25, 0.3) is 11.0 Å². The van der Waals surface area contributed by atoms with Crippen molar-refractivity contribution < 1.29 is 23.5 Å². The van der Waals surface area contributed by atoms with Gasteiger partial charge in [0.2, 0.25) is 5.76 Å². The summed E-state index contributed by atoms with van der Waals surface area (Å²) in [5.74, 6) is -0.179. The van der Waals surface area contributed by atoms with Crippen LogP contribution in [0, 0.1) is 0 Å². The molecule has 0 spiro atoms. The molecule has 1 unspecified atom stereocenters. The van der Waals surface area contributed by atoms with Crippen LogP contribution in [-0.4, -0.2) is 31.0 Å². The third-order valence-electron chi connectivity index (χ3n) is 6.09. The molecular formula is C27H20ClNO6. The Labute approximate surface area is 205 Å². The van der Waals surface area contributed by atoms with Crippen LogP contribution >= 0.6 is 11.6 Å². The number of halogens is 1. The quantitative estimate of drug-likeness (QED) is 0.367. The van der Waals surface area contributed by atoms with Crippen LogP contribution in [0.15, 0.2) is 75.9 Å². The highest BCUT2D eigenvalue weighted by molar-refractivity contribution is 6.31. The lowest BCUT2D eigenvalue weighted by Crippen LogP contribution is -2.29. The summed E-state index contributed by atoms with van der Waals surface area (Å²) in [6.45, 7) is 0.229. The first-order chi connectivity index (χ1) is 16.9. The van der Waals surface area contributed by atoms with Crippen LogP contribution in [0.4, 0.5) is 0 Å². The minimum Gasteiger partial charge on any atom is -0.497 e. The molecule has 1 aliphatic heterocycles. The van der Waals surface area contributed by atoms with E-state index in [2.05, 4.69) is 0 Å². The van der Waals surface area contributed by atoms with Crippen molar-refractivity contribution in [2.45, 2.75) is 12.6 Å². The number of hydrogen-bond acceptors (Lipinski definition) is 6. The van der Waals surface area contributed by atoms with Gasteiger partial charge in [-0.05, 0) is 53.6 Å². The van der Waals surface area contributed by atoms with Crippen LogP contribution in [0.5, 0.6) is 5.75 Å². The second-order valence-electron chi connectivity index (χ2n) is 8.11. The van der Waals surface area contributed by atoms with Crippen molar-refractivity contribution in [2.75, 3.05) is 14.2 Å². The molecule has 176 valence electrons. The first-order valence-corrected chi connectivity index (χ1v) is 11.2. The van der Waals surface area contributed by atoms with E-state index < -0.39 is 17.9 Å². The van der Waals surface area contributed by atoms with Gasteiger partial charge in [-0.15, -0.1) is 0 Å². The fraction of sp³-hybridized carbons (Fsp3) is 0.148. The van der Waals surface area contributed by atoms with E-state index in [-0.39, 0.29) is 28.9 Å². The number of methoxy groups -OCH3 is 2. The SMILES string of the molecule is COC(=O)c1ccc(C2c3c(oc4ccc(Cl)cc4c3=O)C(=O)N2Cc2ccc(OC)cc2)cc1. The van der Waals surface area contributed by atoms with Gasteiger partial charge in [-0.1, -0.05) is 35.9 Å². The van der Waals surface area contributed by atoms with Crippen molar-refractivity contribution in [2.24, 2.45) is 0 Å². The highest BCUT2D eigenvalue weighted by Gasteiger charge is 2.42. The maximum absolute atomic E-state index is 13.6. The van der Waals surface area contributed by atoms with Crippen molar-refractivity contribution in [3.8, 4) is 5.75 Å². The summed E-state index contributed by atoms with van der Waals surface area (Å²) in [7, 11) is 2.89. The van der Waals surface area contributed by atoms with Gasteiger partial charge >= 0.3 is 5.97 Å². The zero-order chi connectivity index (χ0) is 24.7. The van der Waals surface area contributed by atoms with Gasteiger partial charge in [-0.2, -0.15) is 0 Å². The Morgan fingerprint density at radius 3 is 2.37 bits per heavy atom. The molecule has 35 heavy (non-hydrogen) atoms. The predicted molar refractivity (Wildman–Crippen MR) is 130 cm³/mol. The largest absolute Gasteiger partial charge is 0.497 e. The predicted octanol–water partition coefficient (Wildman–Crippen LogP) is 4.99. The highest BCUT2D eigenvalue weighted by atomic mass is 35.5. The topological polar surface area (TPSA) is 86.0 Å². The Morgan fingerprint density at radius 2 is 1.71 bits per heavy atom. The number of benzene rings is 3. The number of rotatable bonds is 5. The molecule has 0 saturated heterocycles. The lowest BCUT2D eigenvalue weighted by Gasteiger charge is -2.25. The first kappa shape index (κ1) is 22.7. The number of fused-ring (bicyclic) bond motifs is 2. The van der Waals surface area contributed by atoms with Crippen LogP contribution in [0.2, 0.25) is 5.02 Å². The number of ether oxygens (including phenoxy) is 2. The van der Waals surface area contributed by atoms with Gasteiger partial charge in [0.1, 0.15) is 11.3 Å². The average Bonchev–Trinajstić information content (AvgIpc) is 3.16. The summed E-state index contributed by atoms with van der Waals surface area (Å²) in [4.78, 5) is 40.7. The summed E-state index contributed by atoms with van der Waals surface area (Å²) in [5.41, 5.74) is 2.08. The summed E-state index contributed by atoms with van der Waals surface area (Å²) >= 11 is 6.13. The molecule has 1 atom stereocenters. The van der Waals surface area contributed by atoms with Crippen molar-refractivity contribution in [3.63, 3.8) is 0 Å². The molecule has 7 nitrogen and oxygen atoms in total. The maximum Gasteiger partial charge on any atom is 0.337 e. The molecule has 0 radical (unpaired) electrons. The lowest BCUT2D eigenvalue weighted by molar-refractivity contribution is 0.0599. The monoisotopic (exact) mass is 489 g/mol. The molecule has 0 N–H and O–H groups in total. The number of amides is 1. The summed E-state index contributed by atoms with van der Waals surface area (Å²) in [6.07, 6.45) is 0. The molecule has 0 saturated carbocycles. The summed E-state index contributed by atoms with van der Waals surface area (Å²) in [5, 5.41) is 0.690. The third-order valence-corrected chi connectivity index (χ3v) is 6.32. The molecule has 8 heteroatoms. The molecule has 1 aliphatic rings. The first-order valence-electron chi connectivity index (χ1n) is 10.8. The second-order valence-corrected chi connectivity index (χ2v) is 8.55. The Morgan fingerprint density at radius 1 is 1.00 bits per heavy atom. The number of hydrogen-bond donors (Lipinski definition) is 0. The minimum absolute atomic E-state index is 0.000351. The average molecular weight is 490 g/mol. The molecular weight excluding hydrogens is 470 g/mol. The molecule has 3 aromatic carbocycles. The van der Waals surface area contributed by atoms with Crippen LogP contribution < -0.4 is 10.2 Å². The van der Waals surface area contributed by atoms with E-state index in [9.17, 15) is 14.4 Å². The Hall–Kier alpha value is -4.10. The Balaban J connectivity index is 1.66. The number of nitrogens with zero attached hydrogens (tertiary/aromatic N) is 1. The van der Waals surface area contributed by atoms with Gasteiger partial charge in [0.05, 0.1) is 36.8 Å². The molecule has 2 heterocycles. The van der Waals surface area contributed by atoms with E-state index >= 15 is 0 Å². The van der Waals surface area contributed by atoms with Crippen molar-refractivity contribution in [1.82, 2.24) is 4.90 Å². The molecule has 4 aromatic rings. The van der Waals surface area contributed by atoms with E-state index in [4.69, 9.17) is 25.5 Å². The van der Waals surface area contributed by atoms with Crippen molar-refractivity contribution in [3.05, 3.63) is 110 Å². The molecule has 5 rings (SSSR count). The van der Waals surface area contributed by atoms with Gasteiger partial charge in [-0.3, -0.25) is 9.59 Å². The third kappa shape index (κ3) is 3.94. The maximum atomic E-state index is 13.6. The minimum atomic E-state index is -0.717. The summed E-state index contributed by atoms with van der Waals surface area (Å²) < 4.78 is 16.0. The van der Waals surface area contributed by atoms with Crippen molar-refractivity contribution in [1.29, 1.82) is 0 Å². The number of carbonyl (C=O) groups is 2. The lowest BCUT2D eigenvalue weighted by atomic mass is 9.97. The fourth-order valence-electron chi connectivity index (χ4n) is 4.35. The van der Waals surface area contributed by atoms with E-state index in [1.807, 2.05) is 24.3 Å². The Bertz CT molecular complexity index is 1510.